The van der Waals surface area contributed by atoms with Gasteiger partial charge in [0.25, 0.3) is 0 Å². The number of carbonyl (C=O) groups is 2. The summed E-state index contributed by atoms with van der Waals surface area (Å²) >= 11 is 0. The molecular weight excluding hydrogens is 296 g/mol. The molecule has 0 heterocycles. The SMILES string of the molecule is COC(=O)COC(=O)[C@@H]1C[C@H]1C[Si](C(C)C)(C(C)C)C(C)C. The molecule has 0 unspecified atom stereocenters. The van der Waals surface area contributed by atoms with Gasteiger partial charge in [-0.25, -0.2) is 4.79 Å². The summed E-state index contributed by atoms with van der Waals surface area (Å²) in [7, 11) is -0.171. The maximum Gasteiger partial charge on any atom is 0.344 e. The number of rotatable bonds is 8. The van der Waals surface area contributed by atoms with E-state index >= 15 is 0 Å². The molecule has 0 aliphatic heterocycles. The summed E-state index contributed by atoms with van der Waals surface area (Å²) < 4.78 is 9.54. The Hall–Kier alpha value is -0.843. The Kier molecular flexibility index (Phi) is 6.65. The molecule has 1 rings (SSSR count). The highest BCUT2D eigenvalue weighted by Crippen LogP contribution is 2.53. The Labute approximate surface area is 136 Å². The lowest BCUT2D eigenvalue weighted by Crippen LogP contribution is -2.44. The van der Waals surface area contributed by atoms with Crippen LogP contribution in [0, 0.1) is 11.8 Å². The number of esters is 2. The average Bonchev–Trinajstić information content (AvgIpc) is 3.19. The van der Waals surface area contributed by atoms with Crippen molar-refractivity contribution in [3.8, 4) is 0 Å². The van der Waals surface area contributed by atoms with Crippen LogP contribution < -0.4 is 0 Å². The van der Waals surface area contributed by atoms with E-state index in [4.69, 9.17) is 4.74 Å². The molecule has 128 valence electrons. The molecule has 0 bridgehead atoms. The molecule has 0 radical (unpaired) electrons. The van der Waals surface area contributed by atoms with Crippen LogP contribution in [0.5, 0.6) is 0 Å². The Bertz CT molecular complexity index is 382. The number of ether oxygens (including phenoxy) is 2. The van der Waals surface area contributed by atoms with Crippen molar-refractivity contribution >= 4 is 20.0 Å². The zero-order valence-electron chi connectivity index (χ0n) is 15.1. The molecule has 1 aliphatic carbocycles. The summed E-state index contributed by atoms with van der Waals surface area (Å²) in [5.41, 5.74) is 2.12. The molecule has 0 N–H and O–H groups in total. The topological polar surface area (TPSA) is 52.6 Å². The van der Waals surface area contributed by atoms with Gasteiger partial charge >= 0.3 is 11.9 Å². The zero-order chi connectivity index (χ0) is 17.1. The van der Waals surface area contributed by atoms with E-state index in [0.717, 1.165) is 6.42 Å². The summed E-state index contributed by atoms with van der Waals surface area (Å²) in [5.74, 6) is -0.285. The highest BCUT2D eigenvalue weighted by Gasteiger charge is 2.52. The highest BCUT2D eigenvalue weighted by atomic mass is 28.3. The molecule has 1 fully saturated rings. The molecule has 2 atom stereocenters. The van der Waals surface area contributed by atoms with Crippen LogP contribution in [0.2, 0.25) is 22.7 Å². The van der Waals surface area contributed by atoms with Crippen LogP contribution in [0.25, 0.3) is 0 Å². The Morgan fingerprint density at radius 3 is 1.95 bits per heavy atom. The smallest absolute Gasteiger partial charge is 0.344 e. The molecule has 1 aliphatic rings. The van der Waals surface area contributed by atoms with Gasteiger partial charge in [-0.3, -0.25) is 4.79 Å². The molecule has 0 aromatic rings. The third-order valence-electron chi connectivity index (χ3n) is 5.63. The van der Waals surface area contributed by atoms with Gasteiger partial charge < -0.3 is 9.47 Å². The quantitative estimate of drug-likeness (QED) is 0.499. The maximum atomic E-state index is 12.0. The molecule has 0 aromatic carbocycles. The first-order valence-electron chi connectivity index (χ1n) is 8.40. The third-order valence-corrected chi connectivity index (χ3v) is 13.3. The minimum Gasteiger partial charge on any atom is -0.466 e. The first-order valence-corrected chi connectivity index (χ1v) is 10.8. The molecule has 5 heteroatoms. The van der Waals surface area contributed by atoms with Crippen LogP contribution >= 0.6 is 0 Å². The number of hydrogen-bond donors (Lipinski definition) is 0. The number of carbonyl (C=O) groups excluding carboxylic acids is 2. The largest absolute Gasteiger partial charge is 0.466 e. The Morgan fingerprint density at radius 1 is 1.05 bits per heavy atom. The van der Waals surface area contributed by atoms with Gasteiger partial charge in [-0.05, 0) is 12.3 Å². The minimum atomic E-state index is -1.47. The normalized spacial score (nSPS) is 21.4. The van der Waals surface area contributed by atoms with E-state index in [-0.39, 0.29) is 18.5 Å². The van der Waals surface area contributed by atoms with E-state index in [1.54, 1.807) is 0 Å². The fraction of sp³-hybridized carbons (Fsp3) is 0.882. The standard InChI is InChI=1S/C17H32O4Si/c1-11(2)22(12(3)4,13(5)6)10-14-8-15(14)17(19)21-9-16(18)20-7/h11-15H,8-10H2,1-7H3/t14-,15+/m0/s1. The third kappa shape index (κ3) is 4.12. The second kappa shape index (κ2) is 7.62. The van der Waals surface area contributed by atoms with Crippen LogP contribution in [0.1, 0.15) is 48.0 Å². The molecule has 4 nitrogen and oxygen atoms in total. The predicted molar refractivity (Wildman–Crippen MR) is 90.4 cm³/mol. The summed E-state index contributed by atoms with van der Waals surface area (Å²) in [6, 6.07) is 1.19. The Morgan fingerprint density at radius 2 is 1.55 bits per heavy atom. The van der Waals surface area contributed by atoms with Crippen molar-refractivity contribution in [2.75, 3.05) is 13.7 Å². The van der Waals surface area contributed by atoms with E-state index in [1.807, 2.05) is 0 Å². The lowest BCUT2D eigenvalue weighted by Gasteiger charge is -2.43. The molecule has 0 aromatic heterocycles. The number of methoxy groups -OCH3 is 1. The van der Waals surface area contributed by atoms with Crippen molar-refractivity contribution in [3.05, 3.63) is 0 Å². The van der Waals surface area contributed by atoms with Gasteiger partial charge in [0.15, 0.2) is 6.61 Å². The van der Waals surface area contributed by atoms with Crippen molar-refractivity contribution < 1.29 is 19.1 Å². The lowest BCUT2D eigenvalue weighted by atomic mass is 10.3. The van der Waals surface area contributed by atoms with Crippen molar-refractivity contribution in [3.63, 3.8) is 0 Å². The summed E-state index contributed by atoms with van der Waals surface area (Å²) in [5, 5.41) is 0. The van der Waals surface area contributed by atoms with Crippen LogP contribution in [0.15, 0.2) is 0 Å². The number of hydrogen-bond acceptors (Lipinski definition) is 4. The van der Waals surface area contributed by atoms with E-state index in [0.29, 0.717) is 22.5 Å². The van der Waals surface area contributed by atoms with E-state index in [1.165, 1.54) is 13.2 Å². The van der Waals surface area contributed by atoms with Crippen LogP contribution in [-0.2, 0) is 19.1 Å². The van der Waals surface area contributed by atoms with Gasteiger partial charge in [-0.1, -0.05) is 64.2 Å². The first kappa shape index (κ1) is 19.2. The zero-order valence-corrected chi connectivity index (χ0v) is 16.1. The highest BCUT2D eigenvalue weighted by molar-refractivity contribution is 6.83. The predicted octanol–water partition coefficient (Wildman–Crippen LogP) is 4.02. The van der Waals surface area contributed by atoms with Crippen LogP contribution in [0.3, 0.4) is 0 Å². The van der Waals surface area contributed by atoms with E-state index in [9.17, 15) is 9.59 Å². The van der Waals surface area contributed by atoms with Crippen LogP contribution in [0.4, 0.5) is 0 Å². The lowest BCUT2D eigenvalue weighted by molar-refractivity contribution is -0.158. The monoisotopic (exact) mass is 328 g/mol. The molecule has 22 heavy (non-hydrogen) atoms. The van der Waals surface area contributed by atoms with Gasteiger partial charge in [0.2, 0.25) is 0 Å². The van der Waals surface area contributed by atoms with Crippen molar-refractivity contribution in [2.24, 2.45) is 11.8 Å². The average molecular weight is 329 g/mol. The van der Waals surface area contributed by atoms with E-state index < -0.39 is 14.0 Å². The first-order chi connectivity index (χ1) is 10.2. The maximum absolute atomic E-state index is 12.0. The van der Waals surface area contributed by atoms with Gasteiger partial charge in [0.05, 0.1) is 21.1 Å². The van der Waals surface area contributed by atoms with Gasteiger partial charge in [-0.15, -0.1) is 0 Å². The second-order valence-corrected chi connectivity index (χ2v) is 13.7. The molecule has 0 spiro atoms. The van der Waals surface area contributed by atoms with Gasteiger partial charge in [-0.2, -0.15) is 0 Å². The summed E-state index contributed by atoms with van der Waals surface area (Å²) in [6.45, 7) is 13.8. The molecule has 0 amide bonds. The second-order valence-electron chi connectivity index (χ2n) is 7.57. The van der Waals surface area contributed by atoms with E-state index in [2.05, 4.69) is 46.3 Å². The van der Waals surface area contributed by atoms with Gasteiger partial charge in [0.1, 0.15) is 0 Å². The minimum absolute atomic E-state index is 0.00668. The fourth-order valence-corrected chi connectivity index (χ4v) is 11.0. The molecule has 1 saturated carbocycles. The van der Waals surface area contributed by atoms with Crippen molar-refractivity contribution in [1.82, 2.24) is 0 Å². The van der Waals surface area contributed by atoms with Crippen molar-refractivity contribution in [1.29, 1.82) is 0 Å². The summed E-state index contributed by atoms with van der Waals surface area (Å²) in [4.78, 5) is 23.1. The molecular formula is C17H32O4Si. The van der Waals surface area contributed by atoms with Crippen molar-refractivity contribution in [2.45, 2.75) is 70.6 Å². The molecule has 0 saturated heterocycles. The Balaban J connectivity index is 2.64. The van der Waals surface area contributed by atoms with Crippen LogP contribution in [-0.4, -0.2) is 33.7 Å². The summed E-state index contributed by atoms with van der Waals surface area (Å²) in [6.07, 6.45) is 0.918. The van der Waals surface area contributed by atoms with Gasteiger partial charge in [0, 0.05) is 0 Å². The fourth-order valence-electron chi connectivity index (χ4n) is 4.22.